The highest BCUT2D eigenvalue weighted by Crippen LogP contribution is 2.37. The maximum Gasteiger partial charge on any atom is 0.0622 e. The molecule has 3 nitrogen and oxygen atoms in total. The number of fused-ring (bicyclic) bond motifs is 1. The Morgan fingerprint density at radius 3 is 3.06 bits per heavy atom. The first-order valence-corrected chi connectivity index (χ1v) is 6.86. The Balaban J connectivity index is 1.53. The summed E-state index contributed by atoms with van der Waals surface area (Å²) in [5.74, 6) is 1.95. The van der Waals surface area contributed by atoms with Crippen LogP contribution in [-0.2, 0) is 4.74 Å². The van der Waals surface area contributed by atoms with Gasteiger partial charge in [0.2, 0.25) is 0 Å². The fourth-order valence-corrected chi connectivity index (χ4v) is 3.83. The van der Waals surface area contributed by atoms with Crippen LogP contribution in [0.2, 0.25) is 0 Å². The molecule has 2 saturated heterocycles. The third-order valence-electron chi connectivity index (χ3n) is 4.89. The molecule has 3 heteroatoms. The van der Waals surface area contributed by atoms with Crippen molar-refractivity contribution in [3.63, 3.8) is 0 Å². The first-order valence-electron chi connectivity index (χ1n) is 6.86. The number of hydrogen-bond acceptors (Lipinski definition) is 3. The van der Waals surface area contributed by atoms with Gasteiger partial charge in [0.25, 0.3) is 0 Å². The first-order chi connectivity index (χ1) is 7.84. The monoisotopic (exact) mass is 224 g/mol. The Hall–Kier alpha value is -0.120. The van der Waals surface area contributed by atoms with Crippen LogP contribution in [0.15, 0.2) is 0 Å². The Kier molecular flexibility index (Phi) is 3.18. The van der Waals surface area contributed by atoms with Gasteiger partial charge in [-0.3, -0.25) is 4.90 Å². The van der Waals surface area contributed by atoms with Gasteiger partial charge in [-0.1, -0.05) is 6.42 Å². The van der Waals surface area contributed by atoms with Crippen molar-refractivity contribution < 1.29 is 4.74 Å². The highest BCUT2D eigenvalue weighted by atomic mass is 16.5. The molecule has 4 atom stereocenters. The highest BCUT2D eigenvalue weighted by molar-refractivity contribution is 4.95. The quantitative estimate of drug-likeness (QED) is 0.777. The van der Waals surface area contributed by atoms with E-state index in [1.165, 1.54) is 38.8 Å². The van der Waals surface area contributed by atoms with Gasteiger partial charge in [0.1, 0.15) is 0 Å². The van der Waals surface area contributed by atoms with Gasteiger partial charge in [0.15, 0.2) is 0 Å². The van der Waals surface area contributed by atoms with E-state index in [0.717, 1.165) is 31.1 Å². The standard InChI is InChI=1S/C13H24N2O/c1-15(11-5-6-16-9-11)8-13-12-4-2-3-10(12)7-14-13/h10-14H,2-9H2,1H3. The zero-order valence-corrected chi connectivity index (χ0v) is 10.3. The lowest BCUT2D eigenvalue weighted by Gasteiger charge is -2.28. The molecule has 1 saturated carbocycles. The van der Waals surface area contributed by atoms with Crippen LogP contribution in [0.25, 0.3) is 0 Å². The molecule has 0 aromatic rings. The minimum atomic E-state index is 0.669. The van der Waals surface area contributed by atoms with Gasteiger partial charge in [-0.2, -0.15) is 0 Å². The Labute approximate surface area is 98.5 Å². The molecule has 3 fully saturated rings. The summed E-state index contributed by atoms with van der Waals surface area (Å²) >= 11 is 0. The summed E-state index contributed by atoms with van der Waals surface area (Å²) in [6.45, 7) is 4.38. The molecule has 2 aliphatic heterocycles. The molecule has 16 heavy (non-hydrogen) atoms. The summed E-state index contributed by atoms with van der Waals surface area (Å²) in [5, 5.41) is 3.73. The van der Waals surface area contributed by atoms with Crippen molar-refractivity contribution >= 4 is 0 Å². The van der Waals surface area contributed by atoms with Crippen molar-refractivity contribution in [2.45, 2.75) is 37.8 Å². The SMILES string of the molecule is CN(CC1NCC2CCCC21)C1CCOC1. The van der Waals surface area contributed by atoms with Crippen molar-refractivity contribution in [1.82, 2.24) is 10.2 Å². The molecule has 2 heterocycles. The molecule has 0 bridgehead atoms. The van der Waals surface area contributed by atoms with E-state index in [2.05, 4.69) is 17.3 Å². The minimum absolute atomic E-state index is 0.669. The predicted octanol–water partition coefficient (Wildman–Crippen LogP) is 1.10. The smallest absolute Gasteiger partial charge is 0.0622 e. The molecule has 0 amide bonds. The number of ether oxygens (including phenoxy) is 1. The van der Waals surface area contributed by atoms with Gasteiger partial charge >= 0.3 is 0 Å². The first kappa shape index (κ1) is 11.0. The topological polar surface area (TPSA) is 24.5 Å². The number of hydrogen-bond donors (Lipinski definition) is 1. The van der Waals surface area contributed by atoms with E-state index in [-0.39, 0.29) is 0 Å². The van der Waals surface area contributed by atoms with Gasteiger partial charge in [-0.05, 0) is 44.7 Å². The summed E-state index contributed by atoms with van der Waals surface area (Å²) in [4.78, 5) is 2.52. The molecular formula is C13H24N2O. The summed E-state index contributed by atoms with van der Waals surface area (Å²) in [7, 11) is 2.27. The number of nitrogens with one attached hydrogen (secondary N) is 1. The highest BCUT2D eigenvalue weighted by Gasteiger charge is 2.39. The van der Waals surface area contributed by atoms with Gasteiger partial charge < -0.3 is 10.1 Å². The summed E-state index contributed by atoms with van der Waals surface area (Å²) in [6.07, 6.45) is 5.60. The zero-order valence-electron chi connectivity index (χ0n) is 10.3. The van der Waals surface area contributed by atoms with E-state index < -0.39 is 0 Å². The molecule has 3 rings (SSSR count). The third kappa shape index (κ3) is 2.01. The normalized spacial score (nSPS) is 43.1. The Morgan fingerprint density at radius 1 is 1.31 bits per heavy atom. The van der Waals surface area contributed by atoms with E-state index in [1.54, 1.807) is 0 Å². The lowest BCUT2D eigenvalue weighted by molar-refractivity contribution is 0.149. The van der Waals surface area contributed by atoms with Crippen molar-refractivity contribution in [3.05, 3.63) is 0 Å². The minimum Gasteiger partial charge on any atom is -0.380 e. The average molecular weight is 224 g/mol. The van der Waals surface area contributed by atoms with Crippen LogP contribution in [0.1, 0.15) is 25.7 Å². The summed E-state index contributed by atoms with van der Waals surface area (Å²) in [6, 6.07) is 1.42. The lowest BCUT2D eigenvalue weighted by Crippen LogP contribution is -2.43. The zero-order chi connectivity index (χ0) is 11.0. The van der Waals surface area contributed by atoms with Crippen molar-refractivity contribution in [2.24, 2.45) is 11.8 Å². The van der Waals surface area contributed by atoms with Crippen molar-refractivity contribution in [1.29, 1.82) is 0 Å². The van der Waals surface area contributed by atoms with Crippen LogP contribution < -0.4 is 5.32 Å². The summed E-state index contributed by atoms with van der Waals surface area (Å²) < 4.78 is 5.47. The molecule has 0 spiro atoms. The van der Waals surface area contributed by atoms with E-state index >= 15 is 0 Å². The van der Waals surface area contributed by atoms with Crippen molar-refractivity contribution in [3.8, 4) is 0 Å². The largest absolute Gasteiger partial charge is 0.380 e. The Bertz CT molecular complexity index is 240. The molecule has 0 aromatic carbocycles. The van der Waals surface area contributed by atoms with Crippen LogP contribution in [0.3, 0.4) is 0 Å². The second kappa shape index (κ2) is 4.63. The van der Waals surface area contributed by atoms with Gasteiger partial charge in [0, 0.05) is 25.2 Å². The third-order valence-corrected chi connectivity index (χ3v) is 4.89. The Morgan fingerprint density at radius 2 is 2.25 bits per heavy atom. The number of rotatable bonds is 3. The molecule has 0 aromatic heterocycles. The van der Waals surface area contributed by atoms with Crippen LogP contribution in [0, 0.1) is 11.8 Å². The molecule has 0 radical (unpaired) electrons. The van der Waals surface area contributed by atoms with Gasteiger partial charge in [-0.25, -0.2) is 0 Å². The molecule has 4 unspecified atom stereocenters. The van der Waals surface area contributed by atoms with E-state index in [9.17, 15) is 0 Å². The van der Waals surface area contributed by atoms with Gasteiger partial charge in [-0.15, -0.1) is 0 Å². The molecule has 92 valence electrons. The molecular weight excluding hydrogens is 200 g/mol. The van der Waals surface area contributed by atoms with Crippen LogP contribution in [0.5, 0.6) is 0 Å². The lowest BCUT2D eigenvalue weighted by atomic mass is 9.93. The van der Waals surface area contributed by atoms with E-state index in [1.807, 2.05) is 0 Å². The van der Waals surface area contributed by atoms with E-state index in [4.69, 9.17) is 4.74 Å². The average Bonchev–Trinajstić information content (AvgIpc) is 2.94. The molecule has 1 N–H and O–H groups in total. The second-order valence-corrected chi connectivity index (χ2v) is 5.83. The van der Waals surface area contributed by atoms with Crippen LogP contribution in [0.4, 0.5) is 0 Å². The number of nitrogens with zero attached hydrogens (tertiary/aromatic N) is 1. The maximum atomic E-state index is 5.47. The second-order valence-electron chi connectivity index (χ2n) is 5.83. The van der Waals surface area contributed by atoms with Crippen LogP contribution in [-0.4, -0.2) is 50.3 Å². The van der Waals surface area contributed by atoms with Gasteiger partial charge in [0.05, 0.1) is 6.61 Å². The fraction of sp³-hybridized carbons (Fsp3) is 1.00. The molecule has 3 aliphatic rings. The number of likely N-dealkylation sites (N-methyl/N-ethyl adjacent to an activating group) is 1. The van der Waals surface area contributed by atoms with E-state index in [0.29, 0.717) is 6.04 Å². The summed E-state index contributed by atoms with van der Waals surface area (Å²) in [5.41, 5.74) is 0. The fourth-order valence-electron chi connectivity index (χ4n) is 3.83. The molecule has 1 aliphatic carbocycles. The maximum absolute atomic E-state index is 5.47. The predicted molar refractivity (Wildman–Crippen MR) is 64.5 cm³/mol. The van der Waals surface area contributed by atoms with Crippen LogP contribution >= 0.6 is 0 Å². The van der Waals surface area contributed by atoms with Crippen molar-refractivity contribution in [2.75, 3.05) is 33.4 Å².